The smallest absolute Gasteiger partial charge is 0.339 e. The number of allylic oxidation sites excluding steroid dienone is 1. The number of benzene rings is 1. The van der Waals surface area contributed by atoms with Gasteiger partial charge in [-0.2, -0.15) is 0 Å². The minimum Gasteiger partial charge on any atom is -0.512 e. The van der Waals surface area contributed by atoms with Crippen molar-refractivity contribution in [1.29, 1.82) is 0 Å². The summed E-state index contributed by atoms with van der Waals surface area (Å²) in [4.78, 5) is 23.3. The van der Waals surface area contributed by atoms with Crippen LogP contribution in [0.4, 0.5) is 0 Å². The molecule has 1 aliphatic heterocycles. The summed E-state index contributed by atoms with van der Waals surface area (Å²) in [7, 11) is 0. The fraction of sp³-hybridized carbons (Fsp3) is 0.231. The fourth-order valence-electron chi connectivity index (χ4n) is 2.32. The molecule has 0 amide bonds. The van der Waals surface area contributed by atoms with E-state index in [4.69, 9.17) is 4.74 Å². The van der Waals surface area contributed by atoms with E-state index in [9.17, 15) is 14.7 Å². The van der Waals surface area contributed by atoms with Gasteiger partial charge in [-0.05, 0) is 6.07 Å². The molecule has 1 atom stereocenters. The molecule has 4 heteroatoms. The summed E-state index contributed by atoms with van der Waals surface area (Å²) >= 11 is 0. The van der Waals surface area contributed by atoms with Gasteiger partial charge in [0.2, 0.25) is 0 Å². The van der Waals surface area contributed by atoms with Crippen LogP contribution in [0.3, 0.4) is 0 Å². The molecule has 0 fully saturated rings. The van der Waals surface area contributed by atoms with Crippen molar-refractivity contribution in [2.75, 3.05) is 0 Å². The van der Waals surface area contributed by atoms with E-state index in [0.717, 1.165) is 0 Å². The molecular formula is C13H10O4. The van der Waals surface area contributed by atoms with Crippen LogP contribution in [-0.4, -0.2) is 16.9 Å². The van der Waals surface area contributed by atoms with E-state index in [2.05, 4.69) is 0 Å². The van der Waals surface area contributed by atoms with E-state index in [1.165, 1.54) is 0 Å². The van der Waals surface area contributed by atoms with E-state index < -0.39 is 12.1 Å². The maximum Gasteiger partial charge on any atom is 0.339 e. The van der Waals surface area contributed by atoms with Crippen LogP contribution >= 0.6 is 0 Å². The Morgan fingerprint density at radius 3 is 2.65 bits per heavy atom. The predicted octanol–water partition coefficient (Wildman–Crippen LogP) is 2.07. The summed E-state index contributed by atoms with van der Waals surface area (Å²) in [6.45, 7) is 0. The molecule has 1 unspecified atom stereocenters. The Balaban J connectivity index is 2.11. The van der Waals surface area contributed by atoms with Crippen LogP contribution < -0.4 is 0 Å². The van der Waals surface area contributed by atoms with Gasteiger partial charge in [0.15, 0.2) is 11.9 Å². The number of aliphatic hydroxyl groups is 1. The molecule has 1 heterocycles. The molecule has 3 rings (SSSR count). The van der Waals surface area contributed by atoms with Crippen LogP contribution in [0.2, 0.25) is 0 Å². The first-order valence-electron chi connectivity index (χ1n) is 5.43. The van der Waals surface area contributed by atoms with Gasteiger partial charge in [0, 0.05) is 18.4 Å². The lowest BCUT2D eigenvalue weighted by molar-refractivity contribution is -0.115. The Hall–Kier alpha value is -2.10. The second-order valence-corrected chi connectivity index (χ2v) is 4.16. The standard InChI is InChI=1S/C13H10O4/c14-9-5-6-10(15)11(9)12-7-3-1-2-4-8(7)13(16)17-12/h1-4,12,14H,5-6H2. The van der Waals surface area contributed by atoms with Crippen LogP contribution in [0.15, 0.2) is 35.6 Å². The minimum absolute atomic E-state index is 0.0458. The number of aliphatic hydroxyl groups excluding tert-OH is 1. The monoisotopic (exact) mass is 230 g/mol. The number of hydrogen-bond donors (Lipinski definition) is 1. The van der Waals surface area contributed by atoms with E-state index in [1.807, 2.05) is 0 Å². The van der Waals surface area contributed by atoms with Crippen molar-refractivity contribution in [1.82, 2.24) is 0 Å². The molecule has 17 heavy (non-hydrogen) atoms. The van der Waals surface area contributed by atoms with Crippen molar-refractivity contribution in [3.05, 3.63) is 46.7 Å². The predicted molar refractivity (Wildman–Crippen MR) is 58.5 cm³/mol. The van der Waals surface area contributed by atoms with Crippen LogP contribution in [0, 0.1) is 0 Å². The van der Waals surface area contributed by atoms with E-state index in [-0.39, 0.29) is 23.5 Å². The molecule has 0 saturated carbocycles. The Labute approximate surface area is 97.5 Å². The number of ether oxygens (including phenoxy) is 1. The van der Waals surface area contributed by atoms with Crippen molar-refractivity contribution < 1.29 is 19.4 Å². The number of fused-ring (bicyclic) bond motifs is 1. The molecule has 1 aromatic carbocycles. The largest absolute Gasteiger partial charge is 0.512 e. The molecule has 1 N–H and O–H groups in total. The zero-order valence-corrected chi connectivity index (χ0v) is 8.97. The quantitative estimate of drug-likeness (QED) is 0.750. The number of carbonyl (C=O) groups is 2. The first-order valence-corrected chi connectivity index (χ1v) is 5.43. The summed E-state index contributed by atoms with van der Waals surface area (Å²) in [5.74, 6) is -0.535. The highest BCUT2D eigenvalue weighted by Gasteiger charge is 2.39. The van der Waals surface area contributed by atoms with Gasteiger partial charge >= 0.3 is 5.97 Å². The van der Waals surface area contributed by atoms with Gasteiger partial charge in [-0.25, -0.2) is 4.79 Å². The third-order valence-electron chi connectivity index (χ3n) is 3.15. The normalized spacial score (nSPS) is 22.9. The van der Waals surface area contributed by atoms with E-state index in [0.29, 0.717) is 17.5 Å². The number of hydrogen-bond acceptors (Lipinski definition) is 4. The number of cyclic esters (lactones) is 1. The fourth-order valence-corrected chi connectivity index (χ4v) is 2.32. The number of carbonyl (C=O) groups excluding carboxylic acids is 2. The number of rotatable bonds is 1. The third kappa shape index (κ3) is 1.37. The first-order chi connectivity index (χ1) is 8.18. The van der Waals surface area contributed by atoms with Gasteiger partial charge in [0.25, 0.3) is 0 Å². The summed E-state index contributed by atoms with van der Waals surface area (Å²) in [6, 6.07) is 6.93. The SMILES string of the molecule is O=C1CCC(O)=C1C1OC(=O)c2ccccc21. The topological polar surface area (TPSA) is 63.6 Å². The second kappa shape index (κ2) is 3.45. The number of ketones is 1. The molecule has 0 radical (unpaired) electrons. The van der Waals surface area contributed by atoms with Gasteiger partial charge in [0.05, 0.1) is 11.1 Å². The van der Waals surface area contributed by atoms with Crippen LogP contribution in [0.25, 0.3) is 0 Å². The summed E-state index contributed by atoms with van der Waals surface area (Å²) in [6.07, 6.45) is -0.101. The summed E-state index contributed by atoms with van der Waals surface area (Å²) in [5, 5.41) is 9.70. The zero-order valence-electron chi connectivity index (χ0n) is 8.97. The van der Waals surface area contributed by atoms with Gasteiger partial charge in [0.1, 0.15) is 5.76 Å². The zero-order chi connectivity index (χ0) is 12.0. The highest BCUT2D eigenvalue weighted by molar-refractivity contribution is 6.02. The Kier molecular flexibility index (Phi) is 2.04. The maximum atomic E-state index is 11.7. The lowest BCUT2D eigenvalue weighted by Gasteiger charge is -2.11. The molecule has 4 nitrogen and oxygen atoms in total. The van der Waals surface area contributed by atoms with E-state index >= 15 is 0 Å². The Morgan fingerprint density at radius 2 is 1.94 bits per heavy atom. The molecule has 0 aromatic heterocycles. The maximum absolute atomic E-state index is 11.7. The van der Waals surface area contributed by atoms with Crippen LogP contribution in [0.5, 0.6) is 0 Å². The molecule has 86 valence electrons. The van der Waals surface area contributed by atoms with Gasteiger partial charge in [-0.1, -0.05) is 18.2 Å². The van der Waals surface area contributed by atoms with Crippen molar-refractivity contribution in [2.45, 2.75) is 18.9 Å². The van der Waals surface area contributed by atoms with Crippen molar-refractivity contribution in [2.24, 2.45) is 0 Å². The van der Waals surface area contributed by atoms with Crippen molar-refractivity contribution >= 4 is 11.8 Å². The molecule has 0 spiro atoms. The van der Waals surface area contributed by atoms with Crippen LogP contribution in [0.1, 0.15) is 34.9 Å². The van der Waals surface area contributed by atoms with Crippen LogP contribution in [-0.2, 0) is 9.53 Å². The minimum atomic E-state index is -0.728. The van der Waals surface area contributed by atoms with Crippen molar-refractivity contribution in [3.63, 3.8) is 0 Å². The molecule has 0 saturated heterocycles. The first kappa shape index (κ1) is 10.1. The van der Waals surface area contributed by atoms with Crippen molar-refractivity contribution in [3.8, 4) is 0 Å². The Morgan fingerprint density at radius 1 is 1.18 bits per heavy atom. The molecule has 1 aliphatic carbocycles. The number of esters is 1. The lowest BCUT2D eigenvalue weighted by atomic mass is 9.98. The lowest BCUT2D eigenvalue weighted by Crippen LogP contribution is -2.09. The molecule has 1 aromatic rings. The Bertz CT molecular complexity index is 556. The molecule has 0 bridgehead atoms. The third-order valence-corrected chi connectivity index (χ3v) is 3.15. The molecule has 2 aliphatic rings. The highest BCUT2D eigenvalue weighted by atomic mass is 16.5. The van der Waals surface area contributed by atoms with Gasteiger partial charge in [-0.3, -0.25) is 4.79 Å². The molecular weight excluding hydrogens is 220 g/mol. The van der Waals surface area contributed by atoms with E-state index in [1.54, 1.807) is 24.3 Å². The number of Topliss-reactive ketones (excluding diaryl/α,β-unsaturated/α-hetero) is 1. The highest BCUT2D eigenvalue weighted by Crippen LogP contribution is 2.40. The van der Waals surface area contributed by atoms with Gasteiger partial charge < -0.3 is 9.84 Å². The average Bonchev–Trinajstić information content (AvgIpc) is 2.82. The van der Waals surface area contributed by atoms with Gasteiger partial charge in [-0.15, -0.1) is 0 Å². The average molecular weight is 230 g/mol. The summed E-state index contributed by atoms with van der Waals surface area (Å²) < 4.78 is 5.18. The summed E-state index contributed by atoms with van der Waals surface area (Å²) in [5.41, 5.74) is 1.37. The second-order valence-electron chi connectivity index (χ2n) is 4.16.